The highest BCUT2D eigenvalue weighted by atomic mass is 79.9. The van der Waals surface area contributed by atoms with Crippen LogP contribution in [0.2, 0.25) is 0 Å². The van der Waals surface area contributed by atoms with Crippen molar-refractivity contribution in [3.63, 3.8) is 0 Å². The summed E-state index contributed by atoms with van der Waals surface area (Å²) in [7, 11) is 0. The molecule has 3 aromatic rings. The van der Waals surface area contributed by atoms with E-state index < -0.39 is 11.8 Å². The SMILES string of the molecule is Cc1cccc(C(=O)Nc2ccc(C(=O)NNC(=O)c3ccc(OCCC(C)C)c(Br)c3)cc2)c1. The third-order valence-electron chi connectivity index (χ3n) is 5.12. The summed E-state index contributed by atoms with van der Waals surface area (Å²) in [4.78, 5) is 37.2. The van der Waals surface area contributed by atoms with Gasteiger partial charge >= 0.3 is 0 Å². The molecule has 35 heavy (non-hydrogen) atoms. The van der Waals surface area contributed by atoms with E-state index in [0.29, 0.717) is 45.1 Å². The maximum absolute atomic E-state index is 12.4. The van der Waals surface area contributed by atoms with Crippen LogP contribution in [-0.2, 0) is 0 Å². The molecule has 0 spiro atoms. The van der Waals surface area contributed by atoms with Gasteiger partial charge in [0.2, 0.25) is 0 Å². The summed E-state index contributed by atoms with van der Waals surface area (Å²) in [5.41, 5.74) is 7.59. The van der Waals surface area contributed by atoms with Gasteiger partial charge in [0.25, 0.3) is 17.7 Å². The smallest absolute Gasteiger partial charge is 0.269 e. The second-order valence-electron chi connectivity index (χ2n) is 8.49. The second kappa shape index (κ2) is 12.2. The fourth-order valence-electron chi connectivity index (χ4n) is 3.12. The highest BCUT2D eigenvalue weighted by molar-refractivity contribution is 9.10. The molecule has 0 bridgehead atoms. The Morgan fingerprint density at radius 2 is 1.46 bits per heavy atom. The number of ether oxygens (including phenoxy) is 1. The molecule has 3 rings (SSSR count). The number of hydrogen-bond acceptors (Lipinski definition) is 4. The number of nitrogens with one attached hydrogen (secondary N) is 3. The first-order chi connectivity index (χ1) is 16.7. The molecule has 8 heteroatoms. The molecule has 3 amide bonds. The van der Waals surface area contributed by atoms with Gasteiger partial charge in [0.15, 0.2) is 0 Å². The maximum atomic E-state index is 12.4. The van der Waals surface area contributed by atoms with Crippen molar-refractivity contribution in [2.75, 3.05) is 11.9 Å². The number of aryl methyl sites for hydroxylation is 1. The summed E-state index contributed by atoms with van der Waals surface area (Å²) in [6.07, 6.45) is 0.931. The minimum Gasteiger partial charge on any atom is -0.492 e. The molecule has 0 saturated carbocycles. The number of carbonyl (C=O) groups is 3. The molecule has 0 aliphatic heterocycles. The molecule has 0 heterocycles. The molecule has 0 atom stereocenters. The van der Waals surface area contributed by atoms with Crippen LogP contribution in [0.5, 0.6) is 5.75 Å². The molecule has 182 valence electrons. The zero-order chi connectivity index (χ0) is 25.4. The minimum atomic E-state index is -0.484. The standard InChI is InChI=1S/C27H28BrN3O4/c1-17(2)13-14-35-24-12-9-21(16-23(24)28)27(34)31-30-26(33)19-7-10-22(11-8-19)29-25(32)20-6-4-5-18(3)15-20/h4-12,15-17H,13-14H2,1-3H3,(H,29,32)(H,30,33)(H,31,34). The van der Waals surface area contributed by atoms with Crippen LogP contribution in [0.15, 0.2) is 71.2 Å². The fraction of sp³-hybridized carbons (Fsp3) is 0.222. The average molecular weight is 538 g/mol. The van der Waals surface area contributed by atoms with Gasteiger partial charge in [0, 0.05) is 22.4 Å². The Morgan fingerprint density at radius 1 is 0.829 bits per heavy atom. The molecule has 0 unspecified atom stereocenters. The molecule has 0 aliphatic rings. The molecule has 3 aromatic carbocycles. The van der Waals surface area contributed by atoms with Crippen molar-refractivity contribution in [2.45, 2.75) is 27.2 Å². The molecule has 7 nitrogen and oxygen atoms in total. The number of hydrogen-bond donors (Lipinski definition) is 3. The molecule has 0 saturated heterocycles. The van der Waals surface area contributed by atoms with Crippen molar-refractivity contribution in [1.29, 1.82) is 0 Å². The maximum Gasteiger partial charge on any atom is 0.269 e. The van der Waals surface area contributed by atoms with Crippen molar-refractivity contribution in [3.05, 3.63) is 93.5 Å². The van der Waals surface area contributed by atoms with Crippen LogP contribution in [-0.4, -0.2) is 24.3 Å². The Hall–Kier alpha value is -3.65. The molecular formula is C27H28BrN3O4. The van der Waals surface area contributed by atoms with Crippen LogP contribution in [0, 0.1) is 12.8 Å². The number of carbonyl (C=O) groups excluding carboxylic acids is 3. The van der Waals surface area contributed by atoms with Crippen molar-refractivity contribution in [2.24, 2.45) is 5.92 Å². The Kier molecular flexibility index (Phi) is 9.03. The topological polar surface area (TPSA) is 96.5 Å². The lowest BCUT2D eigenvalue weighted by atomic mass is 10.1. The van der Waals surface area contributed by atoms with Crippen LogP contribution in [0.1, 0.15) is 56.9 Å². The van der Waals surface area contributed by atoms with Gasteiger partial charge in [-0.1, -0.05) is 31.5 Å². The number of rotatable bonds is 8. The Balaban J connectivity index is 1.52. The van der Waals surface area contributed by atoms with Crippen molar-refractivity contribution < 1.29 is 19.1 Å². The van der Waals surface area contributed by atoms with Gasteiger partial charge in [-0.3, -0.25) is 25.2 Å². The molecular weight excluding hydrogens is 510 g/mol. The van der Waals surface area contributed by atoms with Crippen LogP contribution in [0.3, 0.4) is 0 Å². The first kappa shape index (κ1) is 26.0. The van der Waals surface area contributed by atoms with E-state index in [9.17, 15) is 14.4 Å². The van der Waals surface area contributed by atoms with E-state index in [-0.39, 0.29) is 5.91 Å². The Morgan fingerprint density at radius 3 is 2.09 bits per heavy atom. The third-order valence-corrected chi connectivity index (χ3v) is 5.74. The van der Waals surface area contributed by atoms with Crippen LogP contribution in [0.25, 0.3) is 0 Å². The summed E-state index contributed by atoms with van der Waals surface area (Å²) in [6, 6.07) is 18.6. The van der Waals surface area contributed by atoms with E-state index in [2.05, 4.69) is 45.9 Å². The van der Waals surface area contributed by atoms with E-state index >= 15 is 0 Å². The molecule has 0 aromatic heterocycles. The zero-order valence-corrected chi connectivity index (χ0v) is 21.4. The average Bonchev–Trinajstić information content (AvgIpc) is 2.83. The normalized spacial score (nSPS) is 10.5. The van der Waals surface area contributed by atoms with Crippen molar-refractivity contribution in [3.8, 4) is 5.75 Å². The largest absolute Gasteiger partial charge is 0.492 e. The predicted molar refractivity (Wildman–Crippen MR) is 140 cm³/mol. The first-order valence-electron chi connectivity index (χ1n) is 11.2. The highest BCUT2D eigenvalue weighted by Crippen LogP contribution is 2.26. The number of amides is 3. The summed E-state index contributed by atoms with van der Waals surface area (Å²) < 4.78 is 6.38. The summed E-state index contributed by atoms with van der Waals surface area (Å²) in [6.45, 7) is 6.75. The Bertz CT molecular complexity index is 1210. The monoisotopic (exact) mass is 537 g/mol. The highest BCUT2D eigenvalue weighted by Gasteiger charge is 2.12. The third kappa shape index (κ3) is 7.68. The molecule has 0 aliphatic carbocycles. The van der Waals surface area contributed by atoms with E-state index in [1.807, 2.05) is 19.1 Å². The van der Waals surface area contributed by atoms with E-state index in [1.165, 1.54) is 0 Å². The van der Waals surface area contributed by atoms with Gasteiger partial charge in [-0.15, -0.1) is 0 Å². The van der Waals surface area contributed by atoms with E-state index in [0.717, 1.165) is 12.0 Å². The second-order valence-corrected chi connectivity index (χ2v) is 9.34. The Labute approximate surface area is 213 Å². The van der Waals surface area contributed by atoms with Gasteiger partial charge in [-0.25, -0.2) is 0 Å². The summed E-state index contributed by atoms with van der Waals surface area (Å²) >= 11 is 3.42. The summed E-state index contributed by atoms with van der Waals surface area (Å²) in [5, 5.41) is 2.80. The quantitative estimate of drug-likeness (QED) is 0.330. The molecule has 0 fully saturated rings. The number of anilines is 1. The lowest BCUT2D eigenvalue weighted by Gasteiger charge is -2.12. The zero-order valence-electron chi connectivity index (χ0n) is 19.9. The van der Waals surface area contributed by atoms with Crippen LogP contribution in [0.4, 0.5) is 5.69 Å². The fourth-order valence-corrected chi connectivity index (χ4v) is 3.61. The van der Waals surface area contributed by atoms with Gasteiger partial charge < -0.3 is 10.1 Å². The van der Waals surface area contributed by atoms with E-state index in [4.69, 9.17) is 4.74 Å². The molecule has 0 radical (unpaired) electrons. The minimum absolute atomic E-state index is 0.235. The van der Waals surface area contributed by atoms with Crippen LogP contribution >= 0.6 is 15.9 Å². The van der Waals surface area contributed by atoms with Gasteiger partial charge in [0.1, 0.15) is 5.75 Å². The number of halogens is 1. The summed E-state index contributed by atoms with van der Waals surface area (Å²) in [5.74, 6) is 0.00919. The van der Waals surface area contributed by atoms with E-state index in [1.54, 1.807) is 54.6 Å². The van der Waals surface area contributed by atoms with Gasteiger partial charge in [-0.05, 0) is 89.8 Å². The lowest BCUT2D eigenvalue weighted by molar-refractivity contribution is 0.0846. The lowest BCUT2D eigenvalue weighted by Crippen LogP contribution is -2.41. The number of benzene rings is 3. The van der Waals surface area contributed by atoms with Crippen molar-refractivity contribution >= 4 is 39.3 Å². The van der Waals surface area contributed by atoms with Gasteiger partial charge in [0.05, 0.1) is 11.1 Å². The first-order valence-corrected chi connectivity index (χ1v) is 12.0. The van der Waals surface area contributed by atoms with Crippen molar-refractivity contribution in [1.82, 2.24) is 10.9 Å². The van der Waals surface area contributed by atoms with Crippen LogP contribution < -0.4 is 20.9 Å². The number of hydrazine groups is 1. The predicted octanol–water partition coefficient (Wildman–Crippen LogP) is 5.51. The van der Waals surface area contributed by atoms with Gasteiger partial charge in [-0.2, -0.15) is 0 Å². The molecule has 3 N–H and O–H groups in total.